The molecule has 32 heavy (non-hydrogen) atoms. The number of alkyl halides is 2. The van der Waals surface area contributed by atoms with Crippen LogP contribution < -0.4 is 14.8 Å². The van der Waals surface area contributed by atoms with Crippen molar-refractivity contribution in [1.29, 1.82) is 0 Å². The average molecular weight is 457 g/mol. The van der Waals surface area contributed by atoms with Gasteiger partial charge in [0.25, 0.3) is 0 Å². The number of hydrogen-bond acceptors (Lipinski definition) is 5. The van der Waals surface area contributed by atoms with E-state index in [9.17, 15) is 13.6 Å². The summed E-state index contributed by atoms with van der Waals surface area (Å²) in [6.45, 7) is -0.907. The highest BCUT2D eigenvalue weighted by Gasteiger charge is 2.11. The zero-order valence-electron chi connectivity index (χ0n) is 17.3. The van der Waals surface area contributed by atoms with Crippen molar-refractivity contribution in [1.82, 2.24) is 4.98 Å². The molecule has 0 saturated carbocycles. The Labute approximate surface area is 189 Å². The van der Waals surface area contributed by atoms with Gasteiger partial charge in [0.2, 0.25) is 5.91 Å². The van der Waals surface area contributed by atoms with Crippen molar-refractivity contribution < 1.29 is 23.0 Å². The van der Waals surface area contributed by atoms with Crippen LogP contribution in [0.25, 0.3) is 6.08 Å². The first-order chi connectivity index (χ1) is 15.5. The van der Waals surface area contributed by atoms with E-state index in [1.54, 1.807) is 43.1 Å². The second-order valence-electron chi connectivity index (χ2n) is 6.51. The lowest BCUT2D eigenvalue weighted by Crippen LogP contribution is -2.07. The Kier molecular flexibility index (Phi) is 8.62. The van der Waals surface area contributed by atoms with Gasteiger partial charge in [0.05, 0.1) is 6.61 Å². The Morgan fingerprint density at radius 2 is 1.97 bits per heavy atom. The van der Waals surface area contributed by atoms with E-state index in [1.165, 1.54) is 12.1 Å². The molecule has 1 N–H and O–H groups in total. The van der Waals surface area contributed by atoms with Crippen molar-refractivity contribution in [3.63, 3.8) is 0 Å². The van der Waals surface area contributed by atoms with Crippen LogP contribution in [0.5, 0.6) is 11.5 Å². The number of carbonyl (C=O) groups is 1. The summed E-state index contributed by atoms with van der Waals surface area (Å²) in [6, 6.07) is 16.0. The van der Waals surface area contributed by atoms with E-state index in [4.69, 9.17) is 4.74 Å². The van der Waals surface area contributed by atoms with Crippen molar-refractivity contribution in [2.75, 3.05) is 11.9 Å². The number of thioether (sulfide) groups is 1. The van der Waals surface area contributed by atoms with Gasteiger partial charge in [-0.1, -0.05) is 12.1 Å². The molecule has 8 heteroatoms. The van der Waals surface area contributed by atoms with Gasteiger partial charge in [0.15, 0.2) is 11.5 Å². The summed E-state index contributed by atoms with van der Waals surface area (Å²) in [6.07, 6.45) is 6.52. The lowest BCUT2D eigenvalue weighted by molar-refractivity contribution is -0.111. The van der Waals surface area contributed by atoms with Crippen LogP contribution in [-0.2, 0) is 10.5 Å². The van der Waals surface area contributed by atoms with Crippen LogP contribution in [0.1, 0.15) is 18.1 Å². The molecule has 0 unspecified atom stereocenters. The van der Waals surface area contributed by atoms with E-state index in [1.807, 2.05) is 42.6 Å². The highest BCUT2D eigenvalue weighted by molar-refractivity contribution is 7.98. The molecular weight excluding hydrogens is 434 g/mol. The predicted molar refractivity (Wildman–Crippen MR) is 122 cm³/mol. The molecule has 0 radical (unpaired) electrons. The maximum absolute atomic E-state index is 12.5. The number of halogens is 2. The molecular formula is C24H22F2N2O3S. The van der Waals surface area contributed by atoms with E-state index < -0.39 is 6.61 Å². The summed E-state index contributed by atoms with van der Waals surface area (Å²) in [5.74, 6) is 0.638. The second kappa shape index (κ2) is 11.9. The van der Waals surface area contributed by atoms with Gasteiger partial charge in [-0.15, -0.1) is 11.8 Å². The molecule has 1 aromatic heterocycles. The number of ether oxygens (including phenoxy) is 2. The topological polar surface area (TPSA) is 60.5 Å². The molecule has 0 spiro atoms. The maximum atomic E-state index is 12.5. The van der Waals surface area contributed by atoms with Gasteiger partial charge in [-0.3, -0.25) is 9.78 Å². The first-order valence-corrected chi connectivity index (χ1v) is 10.8. The van der Waals surface area contributed by atoms with Gasteiger partial charge >= 0.3 is 6.61 Å². The molecule has 3 rings (SSSR count). The second-order valence-corrected chi connectivity index (χ2v) is 7.56. The standard InChI is InChI=1S/C24H22F2N2O3S/c1-2-30-22-14-17(5-11-21(22)31-24(25)26)6-12-23(29)28-19-7-9-20(10-8-19)32-16-18-4-3-13-27-15-18/h3-15,24H,2,16H2,1H3,(H,28,29)/b12-6+. The molecule has 0 atom stereocenters. The van der Waals surface area contributed by atoms with Gasteiger partial charge in [0, 0.05) is 34.8 Å². The molecule has 0 aliphatic carbocycles. The monoisotopic (exact) mass is 456 g/mol. The zero-order valence-corrected chi connectivity index (χ0v) is 18.1. The molecule has 5 nitrogen and oxygen atoms in total. The number of anilines is 1. The van der Waals surface area contributed by atoms with Crippen LogP contribution in [-0.4, -0.2) is 24.1 Å². The number of pyridine rings is 1. The number of benzene rings is 2. The molecule has 166 valence electrons. The van der Waals surface area contributed by atoms with Gasteiger partial charge in [-0.05, 0) is 66.6 Å². The van der Waals surface area contributed by atoms with Gasteiger partial charge in [-0.25, -0.2) is 0 Å². The van der Waals surface area contributed by atoms with Crippen LogP contribution in [0.3, 0.4) is 0 Å². The Morgan fingerprint density at radius 3 is 2.66 bits per heavy atom. The minimum Gasteiger partial charge on any atom is -0.490 e. The molecule has 0 saturated heterocycles. The average Bonchev–Trinajstić information content (AvgIpc) is 2.79. The molecule has 1 amide bonds. The fraction of sp³-hybridized carbons (Fsp3) is 0.167. The van der Waals surface area contributed by atoms with Crippen LogP contribution in [0, 0.1) is 0 Å². The SMILES string of the molecule is CCOc1cc(/C=C/C(=O)Nc2ccc(SCc3cccnc3)cc2)ccc1OC(F)F. The van der Waals surface area contributed by atoms with E-state index in [0.717, 1.165) is 16.2 Å². The summed E-state index contributed by atoms with van der Waals surface area (Å²) in [5.41, 5.74) is 2.43. The highest BCUT2D eigenvalue weighted by Crippen LogP contribution is 2.30. The Hall–Kier alpha value is -3.39. The third-order valence-corrected chi connectivity index (χ3v) is 5.24. The lowest BCUT2D eigenvalue weighted by Gasteiger charge is -2.11. The number of nitrogens with zero attached hydrogens (tertiary/aromatic N) is 1. The third kappa shape index (κ3) is 7.39. The third-order valence-electron chi connectivity index (χ3n) is 4.16. The first kappa shape index (κ1) is 23.3. The lowest BCUT2D eigenvalue weighted by atomic mass is 10.2. The van der Waals surface area contributed by atoms with Crippen molar-refractivity contribution in [2.24, 2.45) is 0 Å². The number of nitrogens with one attached hydrogen (secondary N) is 1. The molecule has 3 aromatic rings. The Bertz CT molecular complexity index is 1040. The fourth-order valence-corrected chi connectivity index (χ4v) is 3.56. The minimum absolute atomic E-state index is 0.0510. The van der Waals surface area contributed by atoms with Gasteiger partial charge in [0.1, 0.15) is 0 Å². The summed E-state index contributed by atoms with van der Waals surface area (Å²) in [7, 11) is 0. The Morgan fingerprint density at radius 1 is 1.16 bits per heavy atom. The van der Waals surface area contributed by atoms with Crippen LogP contribution in [0.2, 0.25) is 0 Å². The van der Waals surface area contributed by atoms with Crippen molar-refractivity contribution in [3.8, 4) is 11.5 Å². The maximum Gasteiger partial charge on any atom is 0.387 e. The smallest absolute Gasteiger partial charge is 0.387 e. The normalized spacial score (nSPS) is 11.0. The molecule has 0 aliphatic rings. The van der Waals surface area contributed by atoms with E-state index >= 15 is 0 Å². The van der Waals surface area contributed by atoms with Crippen molar-refractivity contribution >= 4 is 29.4 Å². The summed E-state index contributed by atoms with van der Waals surface area (Å²) >= 11 is 1.68. The molecule has 0 bridgehead atoms. The largest absolute Gasteiger partial charge is 0.490 e. The fourth-order valence-electron chi connectivity index (χ4n) is 2.73. The molecule has 1 heterocycles. The molecule has 0 fully saturated rings. The van der Waals surface area contributed by atoms with Crippen LogP contribution in [0.4, 0.5) is 14.5 Å². The van der Waals surface area contributed by atoms with Crippen LogP contribution in [0.15, 0.2) is 78.0 Å². The minimum atomic E-state index is -2.94. The van der Waals surface area contributed by atoms with E-state index in [2.05, 4.69) is 15.0 Å². The van der Waals surface area contributed by atoms with Crippen molar-refractivity contribution in [2.45, 2.75) is 24.2 Å². The molecule has 2 aromatic carbocycles. The first-order valence-electron chi connectivity index (χ1n) is 9.86. The van der Waals surface area contributed by atoms with Gasteiger partial charge < -0.3 is 14.8 Å². The number of aromatic nitrogens is 1. The summed E-state index contributed by atoms with van der Waals surface area (Å²) in [4.78, 5) is 17.4. The highest BCUT2D eigenvalue weighted by atomic mass is 32.2. The van der Waals surface area contributed by atoms with Crippen molar-refractivity contribution in [3.05, 3.63) is 84.2 Å². The number of rotatable bonds is 10. The van der Waals surface area contributed by atoms with E-state index in [-0.39, 0.29) is 17.4 Å². The number of hydrogen-bond donors (Lipinski definition) is 1. The molecule has 0 aliphatic heterocycles. The number of amides is 1. The summed E-state index contributed by atoms with van der Waals surface area (Å²) < 4.78 is 34.8. The van der Waals surface area contributed by atoms with Crippen LogP contribution >= 0.6 is 11.8 Å². The summed E-state index contributed by atoms with van der Waals surface area (Å²) in [5, 5.41) is 2.79. The predicted octanol–water partition coefficient (Wildman–Crippen LogP) is 6.03. The Balaban J connectivity index is 1.56. The van der Waals surface area contributed by atoms with E-state index in [0.29, 0.717) is 17.9 Å². The quantitative estimate of drug-likeness (QED) is 0.298. The van der Waals surface area contributed by atoms with Gasteiger partial charge in [-0.2, -0.15) is 8.78 Å². The zero-order chi connectivity index (χ0) is 22.8. The number of carbonyl (C=O) groups excluding carboxylic acids is 1.